The van der Waals surface area contributed by atoms with Gasteiger partial charge in [-0.2, -0.15) is 0 Å². The van der Waals surface area contributed by atoms with Crippen molar-refractivity contribution >= 4 is 51.7 Å². The molecule has 1 saturated carbocycles. The van der Waals surface area contributed by atoms with Gasteiger partial charge in [0.15, 0.2) is 11.6 Å². The zero-order chi connectivity index (χ0) is 47.8. The number of hydrogen-bond acceptors (Lipinski definition) is 9. The smallest absolute Gasteiger partial charge is 0.238 e. The number of anilines is 1. The number of nitrogens with zero attached hydrogens (tertiary/aromatic N) is 2. The van der Waals surface area contributed by atoms with Crippen LogP contribution in [0, 0.1) is 44.4 Å². The monoisotopic (exact) mass is 952 g/mol. The number of hydrogen-bond donors (Lipinski definition) is 0. The van der Waals surface area contributed by atoms with Crippen LogP contribution in [0.25, 0.3) is 10.8 Å². The second kappa shape index (κ2) is 21.6. The number of ketones is 2. The molecule has 10 rings (SSSR count). The zero-order valence-corrected chi connectivity index (χ0v) is 38.2. The molecule has 4 amide bonds. The summed E-state index contributed by atoms with van der Waals surface area (Å²) >= 11 is 0. The predicted molar refractivity (Wildman–Crippen MR) is 278 cm³/mol. The van der Waals surface area contributed by atoms with E-state index in [0.29, 0.717) is 63.1 Å². The lowest BCUT2D eigenvalue weighted by molar-refractivity contribution is -0.152. The van der Waals surface area contributed by atoms with Crippen molar-refractivity contribution in [2.75, 3.05) is 19.1 Å². The van der Waals surface area contributed by atoms with E-state index in [1.165, 1.54) is 11.9 Å². The Morgan fingerprint density at radius 1 is 0.507 bits per heavy atom. The molecule has 364 valence electrons. The number of aryl methyl sites for hydroxylation is 3. The molecule has 3 fully saturated rings. The number of likely N-dealkylation sites (tertiary alicyclic amines) is 1. The standard InChI is InChI=1S/C35H28O5.C22H20N2O4.3CH4/c1-23-4-8-25(9-5-23)34(36)27-12-16-29(17-13-27)39-32-20-31(38-3)21-33(22-32)40-30-18-14-28(15-19-30)35(37)26-10-6-24(2)7-11-26;1-11-5-3-7-13-12(11)6-4-8-17(13)24-18(25)10-14-15-9-16(19(14)22(24)28)21(27)23(2)20(15)26;;;/h4-22H,1-3H3;3-8,14-16,19H,9-10H2,1-2H3;3*1H4. The van der Waals surface area contributed by atoms with Crippen LogP contribution in [0.3, 0.4) is 0 Å². The summed E-state index contributed by atoms with van der Waals surface area (Å²) in [5.74, 6) is -0.490. The van der Waals surface area contributed by atoms with E-state index in [1.807, 2.05) is 99.6 Å². The Morgan fingerprint density at radius 3 is 1.44 bits per heavy atom. The van der Waals surface area contributed by atoms with Gasteiger partial charge in [-0.05, 0) is 98.7 Å². The molecule has 2 aliphatic heterocycles. The van der Waals surface area contributed by atoms with Gasteiger partial charge in [-0.15, -0.1) is 0 Å². The van der Waals surface area contributed by atoms with Crippen molar-refractivity contribution in [3.05, 3.63) is 191 Å². The fourth-order valence-corrected chi connectivity index (χ4v) is 9.52. The number of rotatable bonds is 10. The van der Waals surface area contributed by atoms with Gasteiger partial charge in [0.05, 0.1) is 24.6 Å². The SMILES string of the molecule is C.C.C.COc1cc(Oc2ccc(C(=O)c3ccc(C)cc3)cc2)cc(Oc2ccc(C(=O)c3ccc(C)cc3)cc2)c1.Cc1cccc2c(N3C(=O)CC4C5CC(C(=O)N(C)C5=O)C4C3=O)cccc12. The largest absolute Gasteiger partial charge is 0.496 e. The zero-order valence-electron chi connectivity index (χ0n) is 38.2. The molecule has 11 heteroatoms. The lowest BCUT2D eigenvalue weighted by Crippen LogP contribution is -2.50. The highest BCUT2D eigenvalue weighted by molar-refractivity contribution is 6.23. The number of piperidine rings is 2. The minimum absolute atomic E-state index is 0. The molecule has 4 atom stereocenters. The third kappa shape index (κ3) is 10.4. The summed E-state index contributed by atoms with van der Waals surface area (Å²) in [5.41, 5.74) is 6.27. The minimum Gasteiger partial charge on any atom is -0.496 e. The number of benzene rings is 7. The average Bonchev–Trinajstić information content (AvgIpc) is 3.70. The van der Waals surface area contributed by atoms with Gasteiger partial charge in [-0.1, -0.05) is 112 Å². The van der Waals surface area contributed by atoms with Gasteiger partial charge in [-0.25, -0.2) is 4.90 Å². The van der Waals surface area contributed by atoms with Crippen LogP contribution in [-0.2, 0) is 19.2 Å². The molecule has 2 saturated heterocycles. The molecule has 3 aliphatic rings. The van der Waals surface area contributed by atoms with E-state index in [4.69, 9.17) is 14.2 Å². The Labute approximate surface area is 416 Å². The summed E-state index contributed by atoms with van der Waals surface area (Å²) < 4.78 is 17.5. The van der Waals surface area contributed by atoms with Crippen molar-refractivity contribution < 1.29 is 43.0 Å². The van der Waals surface area contributed by atoms with Gasteiger partial charge in [-0.3, -0.25) is 33.7 Å². The number of ether oxygens (including phenoxy) is 3. The van der Waals surface area contributed by atoms with Crippen molar-refractivity contribution in [2.45, 2.75) is 55.9 Å². The fraction of sp³-hybridized carbons (Fsp3) is 0.233. The molecule has 7 aromatic rings. The van der Waals surface area contributed by atoms with Crippen LogP contribution >= 0.6 is 0 Å². The summed E-state index contributed by atoms with van der Waals surface area (Å²) in [5, 5.41) is 1.82. The van der Waals surface area contributed by atoms with Crippen molar-refractivity contribution in [1.82, 2.24) is 4.90 Å². The van der Waals surface area contributed by atoms with Gasteiger partial charge < -0.3 is 14.2 Å². The van der Waals surface area contributed by atoms with Crippen LogP contribution in [0.2, 0.25) is 0 Å². The number of fused-ring (bicyclic) bond motifs is 6. The highest BCUT2D eigenvalue weighted by Crippen LogP contribution is 2.52. The van der Waals surface area contributed by atoms with E-state index >= 15 is 0 Å². The van der Waals surface area contributed by atoms with E-state index < -0.39 is 17.8 Å². The first-order valence-corrected chi connectivity index (χ1v) is 22.4. The number of imide groups is 2. The van der Waals surface area contributed by atoms with Gasteiger partial charge in [0.1, 0.15) is 28.7 Å². The summed E-state index contributed by atoms with van der Waals surface area (Å²) in [6, 6.07) is 45.6. The Hall–Kier alpha value is -8.18. The first-order valence-electron chi connectivity index (χ1n) is 22.4. The first kappa shape index (κ1) is 52.2. The highest BCUT2D eigenvalue weighted by Gasteiger charge is 2.61. The van der Waals surface area contributed by atoms with Crippen LogP contribution in [0.15, 0.2) is 152 Å². The van der Waals surface area contributed by atoms with Crippen LogP contribution in [0.4, 0.5) is 5.69 Å². The molecule has 2 bridgehead atoms. The fourth-order valence-electron chi connectivity index (χ4n) is 9.52. The molecule has 0 aromatic heterocycles. The van der Waals surface area contributed by atoms with Crippen molar-refractivity contribution in [1.29, 1.82) is 0 Å². The summed E-state index contributed by atoms with van der Waals surface area (Å²) in [7, 11) is 3.04. The summed E-state index contributed by atoms with van der Waals surface area (Å²) in [4.78, 5) is 79.6. The van der Waals surface area contributed by atoms with Crippen molar-refractivity contribution in [2.24, 2.45) is 23.7 Å². The second-order valence-corrected chi connectivity index (χ2v) is 17.6. The maximum absolute atomic E-state index is 13.5. The Balaban J connectivity index is 0.000000235. The van der Waals surface area contributed by atoms with E-state index in [1.54, 1.807) is 79.9 Å². The molecular formula is C60H60N2O9. The van der Waals surface area contributed by atoms with Gasteiger partial charge >= 0.3 is 0 Å². The first-order chi connectivity index (χ1) is 32.8. The predicted octanol–water partition coefficient (Wildman–Crippen LogP) is 12.5. The lowest BCUT2D eigenvalue weighted by Gasteiger charge is -2.35. The molecular weight excluding hydrogens is 893 g/mol. The molecule has 0 N–H and O–H groups in total. The van der Waals surface area contributed by atoms with Crippen molar-refractivity contribution in [3.8, 4) is 28.7 Å². The Bertz CT molecular complexity index is 3000. The third-order valence-electron chi connectivity index (χ3n) is 13.2. The molecule has 11 nitrogen and oxygen atoms in total. The van der Waals surface area contributed by atoms with Crippen molar-refractivity contribution in [3.63, 3.8) is 0 Å². The quantitative estimate of drug-likeness (QED) is 0.0969. The van der Waals surface area contributed by atoms with E-state index in [9.17, 15) is 28.8 Å². The maximum Gasteiger partial charge on any atom is 0.238 e. The highest BCUT2D eigenvalue weighted by atomic mass is 16.5. The average molecular weight is 953 g/mol. The van der Waals surface area contributed by atoms with Gasteiger partial charge in [0.25, 0.3) is 0 Å². The number of amides is 4. The normalized spacial score (nSPS) is 17.6. The molecule has 0 radical (unpaired) electrons. The maximum atomic E-state index is 13.5. The van der Waals surface area contributed by atoms with E-state index in [2.05, 4.69) is 0 Å². The molecule has 2 heterocycles. The third-order valence-corrected chi connectivity index (χ3v) is 13.2. The number of carbonyl (C=O) groups excluding carboxylic acids is 6. The summed E-state index contributed by atoms with van der Waals surface area (Å²) in [6.07, 6.45) is 0.492. The lowest BCUT2D eigenvalue weighted by atomic mass is 9.80. The topological polar surface area (TPSA) is 137 Å². The molecule has 1 aliphatic carbocycles. The van der Waals surface area contributed by atoms with Crippen LogP contribution in [0.5, 0.6) is 28.7 Å². The van der Waals surface area contributed by atoms with Crippen LogP contribution in [-0.4, -0.2) is 54.3 Å². The molecule has 4 unspecified atom stereocenters. The minimum atomic E-state index is -0.607. The number of methoxy groups -OCH3 is 1. The van der Waals surface area contributed by atoms with E-state index in [0.717, 1.165) is 32.4 Å². The molecule has 71 heavy (non-hydrogen) atoms. The van der Waals surface area contributed by atoms with E-state index in [-0.39, 0.29) is 69.8 Å². The number of carbonyl (C=O) groups is 6. The summed E-state index contributed by atoms with van der Waals surface area (Å²) in [6.45, 7) is 5.96. The molecule has 7 aromatic carbocycles. The Kier molecular flexibility index (Phi) is 15.9. The van der Waals surface area contributed by atoms with Gasteiger partial charge in [0.2, 0.25) is 23.6 Å². The van der Waals surface area contributed by atoms with Crippen LogP contribution < -0.4 is 19.1 Å². The molecule has 0 spiro atoms. The second-order valence-electron chi connectivity index (χ2n) is 17.6. The Morgan fingerprint density at radius 2 is 0.944 bits per heavy atom. The van der Waals surface area contributed by atoms with Gasteiger partial charge in [0, 0.05) is 65.2 Å². The van der Waals surface area contributed by atoms with Crippen LogP contribution in [0.1, 0.15) is 83.7 Å².